The van der Waals surface area contributed by atoms with Crippen LogP contribution in [0, 0.1) is 0 Å². The zero-order valence-electron chi connectivity index (χ0n) is 26.6. The van der Waals surface area contributed by atoms with Gasteiger partial charge >= 0.3 is 0 Å². The molecule has 28 heavy (non-hydrogen) atoms. The molecule has 2 saturated heterocycles. The Labute approximate surface area is 180 Å². The Morgan fingerprint density at radius 3 is 2.79 bits per heavy atom. The number of carbonyl (C=O) groups is 1. The van der Waals surface area contributed by atoms with Gasteiger partial charge in [0.15, 0.2) is 14.3 Å². The Balaban J connectivity index is 1.79. The number of ether oxygens (including phenoxy) is 3. The lowest BCUT2D eigenvalue weighted by Gasteiger charge is -2.35. The monoisotopic (exact) mass is 399 g/mol. The van der Waals surface area contributed by atoms with Crippen LogP contribution in [0.25, 0.3) is 10.9 Å². The fraction of sp³-hybridized carbons (Fsp3) is 0.526. The number of anilines is 2. The van der Waals surface area contributed by atoms with Crippen LogP contribution in [0.4, 0.5) is 11.8 Å². The van der Waals surface area contributed by atoms with Crippen LogP contribution in [0.2, 0.25) is 2.82 Å². The highest BCUT2D eigenvalue weighted by molar-refractivity contribution is 5.91. The second kappa shape index (κ2) is 7.67. The van der Waals surface area contributed by atoms with Gasteiger partial charge in [0, 0.05) is 44.1 Å². The third-order valence-corrected chi connectivity index (χ3v) is 4.50. The largest absolute Gasteiger partial charge is 0.493 e. The highest BCUT2D eigenvalue weighted by atomic mass is 16.5. The van der Waals surface area contributed by atoms with Crippen LogP contribution < -0.4 is 20.1 Å². The maximum Gasteiger partial charge on any atom is 0.251 e. The molecule has 1 aromatic carbocycles. The van der Waals surface area contributed by atoms with E-state index < -0.39 is 69.5 Å². The number of nitrogens with two attached hydrogens (primary N) is 1. The van der Waals surface area contributed by atoms with E-state index in [-0.39, 0.29) is 22.6 Å². The number of rotatable bonds is 5. The van der Waals surface area contributed by atoms with Gasteiger partial charge in [-0.1, -0.05) is 0 Å². The number of methoxy groups -OCH3 is 2. The van der Waals surface area contributed by atoms with Crippen LogP contribution in [0.3, 0.4) is 0 Å². The van der Waals surface area contributed by atoms with Crippen molar-refractivity contribution in [3.63, 3.8) is 0 Å². The van der Waals surface area contributed by atoms with Crippen LogP contribution in [0.1, 0.15) is 26.5 Å². The number of benzene rings is 1. The molecular formula is C19H25N5O4. The van der Waals surface area contributed by atoms with E-state index in [1.165, 1.54) is 0 Å². The number of piperazine rings is 1. The van der Waals surface area contributed by atoms with E-state index in [4.69, 9.17) is 30.7 Å². The lowest BCUT2D eigenvalue weighted by Crippen LogP contribution is -2.51. The minimum absolute atomic E-state index is 0.0669. The number of nitrogen functional groups attached to an aromatic ring is 1. The van der Waals surface area contributed by atoms with Crippen LogP contribution in [-0.2, 0) is 9.53 Å². The highest BCUT2D eigenvalue weighted by Gasteiger charge is 2.31. The van der Waals surface area contributed by atoms with Crippen molar-refractivity contribution in [2.24, 2.45) is 0 Å². The van der Waals surface area contributed by atoms with E-state index in [1.54, 1.807) is 0 Å². The predicted molar refractivity (Wildman–Crippen MR) is 105 cm³/mol. The first-order valence-corrected chi connectivity index (χ1v) is 8.50. The van der Waals surface area contributed by atoms with E-state index >= 15 is 0 Å². The number of carbonyl (C=O) groups excluding carboxylic acids is 1. The molecule has 1 unspecified atom stereocenters. The predicted octanol–water partition coefficient (Wildman–Crippen LogP) is 1.06. The summed E-state index contributed by atoms with van der Waals surface area (Å²) in [6.45, 7) is -6.00. The zero-order chi connectivity index (χ0) is 29.8. The van der Waals surface area contributed by atoms with Crippen LogP contribution in [-0.4, -0.2) is 73.6 Å². The number of hydrogen-bond donors (Lipinski definition) is 1. The smallest absolute Gasteiger partial charge is 0.251 e. The molecule has 2 aliphatic rings. The van der Waals surface area contributed by atoms with E-state index in [1.807, 2.05) is 0 Å². The Morgan fingerprint density at radius 2 is 2.11 bits per heavy atom. The van der Waals surface area contributed by atoms with E-state index in [0.29, 0.717) is 24.3 Å². The number of nitrogens with zero attached hydrogens (tertiary/aromatic N) is 4. The summed E-state index contributed by atoms with van der Waals surface area (Å²) in [6, 6.07) is 2.00. The van der Waals surface area contributed by atoms with Crippen molar-refractivity contribution < 1.29 is 35.5 Å². The van der Waals surface area contributed by atoms with Crippen molar-refractivity contribution in [2.45, 2.75) is 18.9 Å². The summed E-state index contributed by atoms with van der Waals surface area (Å²) in [4.78, 5) is 22.9. The number of hydrogen-bond acceptors (Lipinski definition) is 8. The average molecular weight is 400 g/mol. The van der Waals surface area contributed by atoms with Crippen LogP contribution >= 0.6 is 0 Å². The van der Waals surface area contributed by atoms with Gasteiger partial charge < -0.3 is 29.7 Å². The molecule has 0 saturated carbocycles. The Hall–Kier alpha value is -2.81. The molecule has 0 bridgehead atoms. The normalized spacial score (nSPS) is 30.5. The maximum absolute atomic E-state index is 13.0. The first-order chi connectivity index (χ1) is 18.3. The molecule has 0 radical (unpaired) electrons. The third-order valence-electron chi connectivity index (χ3n) is 4.50. The zero-order valence-corrected chi connectivity index (χ0v) is 14.6. The molecular weight excluding hydrogens is 362 g/mol. The van der Waals surface area contributed by atoms with Crippen LogP contribution in [0.5, 0.6) is 11.5 Å². The van der Waals surface area contributed by atoms with Gasteiger partial charge in [0.25, 0.3) is 5.91 Å². The molecule has 9 nitrogen and oxygen atoms in total. The SMILES string of the molecule is [2H]N([2H])c1nc(N2CC([2H])([2H])N(C(=O)C3CCCO3)C([2H])([2H])C2)nc2cc(OC([2H])([2H])[2H])c(OC([2H])([2H])[2H])cc12. The summed E-state index contributed by atoms with van der Waals surface area (Å²) >= 11 is 0. The number of aromatic nitrogens is 2. The average Bonchev–Trinajstić information content (AvgIpc) is 3.30. The molecule has 2 aromatic rings. The standard InChI is InChI=1S/C19H25N5O4/c1-26-15-10-12-13(11-16(15)27-2)21-19(22-17(12)20)24-7-5-23(6-8-24)18(25)14-4-3-9-28-14/h10-11,14H,3-9H2,1-2H3,(H2,20,21,22)/i1D3,2D3,5D2,6D2/hD2. The summed E-state index contributed by atoms with van der Waals surface area (Å²) in [5.74, 6) is -2.69. The highest BCUT2D eigenvalue weighted by Crippen LogP contribution is 2.34. The molecule has 2 fully saturated rings. The molecule has 2 N–H and O–H groups in total. The molecule has 4 rings (SSSR count). The Kier molecular flexibility index (Phi) is 2.50. The molecule has 1 atom stereocenters. The first kappa shape index (κ1) is 9.13. The Morgan fingerprint density at radius 1 is 1.32 bits per heavy atom. The molecule has 3 heterocycles. The van der Waals surface area contributed by atoms with Gasteiger partial charge in [-0.3, -0.25) is 4.79 Å². The summed E-state index contributed by atoms with van der Waals surface area (Å²) < 4.78 is 109. The number of amides is 1. The fourth-order valence-corrected chi connectivity index (χ4v) is 3.05. The fourth-order valence-electron chi connectivity index (χ4n) is 3.05. The second-order valence-electron chi connectivity index (χ2n) is 6.22. The molecule has 0 aliphatic carbocycles. The van der Waals surface area contributed by atoms with Crippen molar-refractivity contribution in [2.75, 3.05) is 57.4 Å². The van der Waals surface area contributed by atoms with Gasteiger partial charge in [-0.15, -0.1) is 0 Å². The second-order valence-corrected chi connectivity index (χ2v) is 6.22. The molecule has 9 heteroatoms. The van der Waals surface area contributed by atoms with Gasteiger partial charge in [-0.2, -0.15) is 4.98 Å². The van der Waals surface area contributed by atoms with Crippen molar-refractivity contribution in [3.8, 4) is 11.5 Å². The number of fused-ring (bicyclic) bond motifs is 1. The van der Waals surface area contributed by atoms with E-state index in [0.717, 1.165) is 17.0 Å². The van der Waals surface area contributed by atoms with Crippen LogP contribution in [0.15, 0.2) is 12.1 Å². The topological polar surface area (TPSA) is 103 Å². The molecule has 1 aromatic heterocycles. The maximum atomic E-state index is 13.0. The summed E-state index contributed by atoms with van der Waals surface area (Å²) in [6.07, 6.45) is -0.0537. The molecule has 2 aliphatic heterocycles. The first-order valence-electron chi connectivity index (χ1n) is 14.4. The lowest BCUT2D eigenvalue weighted by molar-refractivity contribution is -0.141. The molecule has 0 spiro atoms. The quantitative estimate of drug-likeness (QED) is 0.796. The van der Waals surface area contributed by atoms with E-state index in [9.17, 15) is 4.79 Å². The summed E-state index contributed by atoms with van der Waals surface area (Å²) in [5, 5.41) is -0.107. The summed E-state index contributed by atoms with van der Waals surface area (Å²) in [7, 11) is -6.03. The van der Waals surface area contributed by atoms with Crippen molar-refractivity contribution >= 4 is 28.6 Å². The Bertz CT molecular complexity index is 1260. The minimum Gasteiger partial charge on any atom is -0.493 e. The third kappa shape index (κ3) is 3.37. The van der Waals surface area contributed by atoms with Crippen molar-refractivity contribution in [1.82, 2.24) is 14.9 Å². The molecule has 150 valence electrons. The lowest BCUT2D eigenvalue weighted by atomic mass is 10.2. The van der Waals surface area contributed by atoms with E-state index in [2.05, 4.69) is 9.97 Å². The van der Waals surface area contributed by atoms with Gasteiger partial charge in [0.2, 0.25) is 5.95 Å². The van der Waals surface area contributed by atoms with Gasteiger partial charge in [0.1, 0.15) is 11.9 Å². The van der Waals surface area contributed by atoms with Gasteiger partial charge in [-0.05, 0) is 18.9 Å². The minimum atomic E-state index is -3.02. The van der Waals surface area contributed by atoms with Crippen molar-refractivity contribution in [3.05, 3.63) is 12.1 Å². The van der Waals surface area contributed by atoms with Gasteiger partial charge in [0.05, 0.1) is 33.3 Å². The summed E-state index contributed by atoms with van der Waals surface area (Å²) in [5.41, 5.74) is -0.0714. The van der Waals surface area contributed by atoms with Gasteiger partial charge in [-0.25, -0.2) is 4.98 Å². The molecule has 1 amide bonds. The van der Waals surface area contributed by atoms with Crippen molar-refractivity contribution in [1.29, 1.82) is 0 Å².